The SMILES string of the molecule is CC(=O)Nc1nc2c(C(=O)O)cccc2n1S(=O)(=O)N1CCCC1. The monoisotopic (exact) mass is 352 g/mol. The van der Waals surface area contributed by atoms with Crippen LogP contribution in [0.2, 0.25) is 0 Å². The number of carboxylic acids is 1. The first-order valence-corrected chi connectivity index (χ1v) is 8.75. The van der Waals surface area contributed by atoms with E-state index in [2.05, 4.69) is 10.3 Å². The van der Waals surface area contributed by atoms with Gasteiger partial charge in [-0.3, -0.25) is 10.1 Å². The fourth-order valence-electron chi connectivity index (χ4n) is 2.75. The molecule has 2 heterocycles. The fraction of sp³-hybridized carbons (Fsp3) is 0.357. The lowest BCUT2D eigenvalue weighted by Gasteiger charge is -2.18. The topological polar surface area (TPSA) is 122 Å². The summed E-state index contributed by atoms with van der Waals surface area (Å²) in [6.45, 7) is 1.98. The van der Waals surface area contributed by atoms with Crippen molar-refractivity contribution in [2.75, 3.05) is 18.4 Å². The Labute approximate surface area is 138 Å². The standard InChI is InChI=1S/C14H16N4O5S/c1-9(19)15-14-16-12-10(13(20)21)5-4-6-11(12)18(14)24(22,23)17-7-2-3-8-17/h4-6H,2-3,7-8H2,1H3,(H,20,21)(H,15,16,19). The molecule has 1 aromatic heterocycles. The van der Waals surface area contributed by atoms with E-state index in [1.807, 2.05) is 0 Å². The van der Waals surface area contributed by atoms with E-state index in [0.29, 0.717) is 13.1 Å². The van der Waals surface area contributed by atoms with Gasteiger partial charge in [0.05, 0.1) is 11.1 Å². The maximum atomic E-state index is 12.9. The van der Waals surface area contributed by atoms with E-state index in [0.717, 1.165) is 16.8 Å². The van der Waals surface area contributed by atoms with Crippen molar-refractivity contribution in [1.82, 2.24) is 13.3 Å². The Morgan fingerprint density at radius 3 is 2.50 bits per heavy atom. The number of carbonyl (C=O) groups excluding carboxylic acids is 1. The molecule has 2 N–H and O–H groups in total. The van der Waals surface area contributed by atoms with Crippen molar-refractivity contribution < 1.29 is 23.1 Å². The van der Waals surface area contributed by atoms with Gasteiger partial charge in [0.15, 0.2) is 0 Å². The number of aromatic carboxylic acids is 1. The number of carboxylic acid groups (broad SMARTS) is 1. The molecule has 0 bridgehead atoms. The molecule has 0 unspecified atom stereocenters. The maximum absolute atomic E-state index is 12.9. The maximum Gasteiger partial charge on any atom is 0.337 e. The number of rotatable bonds is 4. The molecule has 1 aromatic carbocycles. The lowest BCUT2D eigenvalue weighted by molar-refractivity contribution is -0.114. The molecule has 10 heteroatoms. The van der Waals surface area contributed by atoms with Gasteiger partial charge < -0.3 is 5.11 Å². The van der Waals surface area contributed by atoms with E-state index < -0.39 is 22.1 Å². The van der Waals surface area contributed by atoms with Gasteiger partial charge in [-0.15, -0.1) is 0 Å². The molecule has 1 saturated heterocycles. The summed E-state index contributed by atoms with van der Waals surface area (Å²) in [5, 5.41) is 11.7. The van der Waals surface area contributed by atoms with Crippen LogP contribution in [-0.2, 0) is 15.0 Å². The van der Waals surface area contributed by atoms with Crippen molar-refractivity contribution in [2.45, 2.75) is 19.8 Å². The number of carbonyl (C=O) groups is 2. The number of imidazole rings is 1. The van der Waals surface area contributed by atoms with Crippen molar-refractivity contribution in [2.24, 2.45) is 0 Å². The number of amides is 1. The number of para-hydroxylation sites is 1. The highest BCUT2D eigenvalue weighted by Crippen LogP contribution is 2.27. The molecule has 1 amide bonds. The summed E-state index contributed by atoms with van der Waals surface area (Å²) < 4.78 is 28.1. The molecular weight excluding hydrogens is 336 g/mol. The summed E-state index contributed by atoms with van der Waals surface area (Å²) in [6, 6.07) is 4.25. The first-order chi connectivity index (χ1) is 11.3. The second-order valence-electron chi connectivity index (χ2n) is 5.47. The average Bonchev–Trinajstić information content (AvgIpc) is 3.13. The van der Waals surface area contributed by atoms with E-state index >= 15 is 0 Å². The predicted octanol–water partition coefficient (Wildman–Crippen LogP) is 0.882. The van der Waals surface area contributed by atoms with Crippen LogP contribution in [0.1, 0.15) is 30.1 Å². The number of fused-ring (bicyclic) bond motifs is 1. The summed E-state index contributed by atoms with van der Waals surface area (Å²) in [5.74, 6) is -1.93. The van der Waals surface area contributed by atoms with Crippen LogP contribution < -0.4 is 5.32 Å². The summed E-state index contributed by atoms with van der Waals surface area (Å²) in [7, 11) is -3.96. The van der Waals surface area contributed by atoms with Crippen LogP contribution in [0.5, 0.6) is 0 Å². The summed E-state index contributed by atoms with van der Waals surface area (Å²) >= 11 is 0. The van der Waals surface area contributed by atoms with E-state index in [-0.39, 0.29) is 22.5 Å². The summed E-state index contributed by atoms with van der Waals surface area (Å²) in [4.78, 5) is 26.8. The third-order valence-electron chi connectivity index (χ3n) is 3.78. The van der Waals surface area contributed by atoms with Gasteiger partial charge in [-0.2, -0.15) is 16.7 Å². The Morgan fingerprint density at radius 2 is 1.92 bits per heavy atom. The molecule has 0 saturated carbocycles. The second-order valence-corrected chi connectivity index (χ2v) is 7.25. The highest BCUT2D eigenvalue weighted by atomic mass is 32.2. The number of nitrogens with zero attached hydrogens (tertiary/aromatic N) is 3. The minimum absolute atomic E-state index is 0.0107. The Kier molecular flexibility index (Phi) is 4.01. The zero-order chi connectivity index (χ0) is 17.5. The molecule has 0 aliphatic carbocycles. The molecule has 24 heavy (non-hydrogen) atoms. The largest absolute Gasteiger partial charge is 0.478 e. The Bertz CT molecular complexity index is 928. The summed E-state index contributed by atoms with van der Waals surface area (Å²) in [6.07, 6.45) is 1.50. The first kappa shape index (κ1) is 16.4. The molecule has 9 nitrogen and oxygen atoms in total. The molecule has 1 fully saturated rings. The van der Waals surface area contributed by atoms with Gasteiger partial charge >= 0.3 is 16.2 Å². The average molecular weight is 352 g/mol. The van der Waals surface area contributed by atoms with Crippen molar-refractivity contribution in [3.63, 3.8) is 0 Å². The van der Waals surface area contributed by atoms with Crippen molar-refractivity contribution in [3.8, 4) is 0 Å². The molecule has 1 aliphatic heterocycles. The molecule has 0 spiro atoms. The fourth-order valence-corrected chi connectivity index (χ4v) is 4.41. The van der Waals surface area contributed by atoms with Crippen LogP contribution in [0.15, 0.2) is 18.2 Å². The molecule has 0 atom stereocenters. The van der Waals surface area contributed by atoms with Gasteiger partial charge in [0.25, 0.3) is 0 Å². The van der Waals surface area contributed by atoms with Gasteiger partial charge in [-0.1, -0.05) is 6.07 Å². The lowest BCUT2D eigenvalue weighted by Crippen LogP contribution is -2.34. The predicted molar refractivity (Wildman–Crippen MR) is 86.1 cm³/mol. The van der Waals surface area contributed by atoms with Crippen molar-refractivity contribution in [1.29, 1.82) is 0 Å². The number of anilines is 1. The zero-order valence-electron chi connectivity index (χ0n) is 12.9. The lowest BCUT2D eigenvalue weighted by atomic mass is 10.2. The Morgan fingerprint density at radius 1 is 1.25 bits per heavy atom. The third kappa shape index (κ3) is 2.63. The minimum Gasteiger partial charge on any atom is -0.478 e. The van der Waals surface area contributed by atoms with Gasteiger partial charge in [0.2, 0.25) is 11.9 Å². The molecule has 3 rings (SSSR count). The normalized spacial score (nSPS) is 15.7. The number of nitrogens with one attached hydrogen (secondary N) is 1. The van der Waals surface area contributed by atoms with Gasteiger partial charge in [-0.05, 0) is 25.0 Å². The van der Waals surface area contributed by atoms with Crippen LogP contribution in [0.4, 0.5) is 5.95 Å². The van der Waals surface area contributed by atoms with E-state index in [1.54, 1.807) is 0 Å². The van der Waals surface area contributed by atoms with E-state index in [1.165, 1.54) is 29.4 Å². The van der Waals surface area contributed by atoms with Crippen LogP contribution in [0.25, 0.3) is 11.0 Å². The van der Waals surface area contributed by atoms with Crippen LogP contribution in [0, 0.1) is 0 Å². The highest BCUT2D eigenvalue weighted by molar-refractivity contribution is 7.87. The van der Waals surface area contributed by atoms with Crippen LogP contribution >= 0.6 is 0 Å². The molecule has 2 aromatic rings. The van der Waals surface area contributed by atoms with Crippen LogP contribution in [-0.4, -0.2) is 51.8 Å². The molecule has 128 valence electrons. The number of aromatic nitrogens is 2. The zero-order valence-corrected chi connectivity index (χ0v) is 13.7. The van der Waals surface area contributed by atoms with Gasteiger partial charge in [0.1, 0.15) is 5.52 Å². The van der Waals surface area contributed by atoms with Crippen molar-refractivity contribution >= 4 is 39.1 Å². The van der Waals surface area contributed by atoms with Gasteiger partial charge in [0, 0.05) is 20.0 Å². The number of hydrogen-bond acceptors (Lipinski definition) is 5. The quantitative estimate of drug-likeness (QED) is 0.842. The summed E-state index contributed by atoms with van der Waals surface area (Å²) in [5.41, 5.74) is -0.00320. The number of benzene rings is 1. The second kappa shape index (κ2) is 5.87. The highest BCUT2D eigenvalue weighted by Gasteiger charge is 2.32. The number of hydrogen-bond donors (Lipinski definition) is 2. The van der Waals surface area contributed by atoms with Crippen LogP contribution in [0.3, 0.4) is 0 Å². The molecule has 1 aliphatic rings. The van der Waals surface area contributed by atoms with E-state index in [9.17, 15) is 23.1 Å². The Balaban J connectivity index is 2.29. The molecular formula is C14H16N4O5S. The van der Waals surface area contributed by atoms with Crippen molar-refractivity contribution in [3.05, 3.63) is 23.8 Å². The van der Waals surface area contributed by atoms with Gasteiger partial charge in [-0.25, -0.2) is 9.78 Å². The third-order valence-corrected chi connectivity index (χ3v) is 5.63. The Hall–Kier alpha value is -2.46. The van der Waals surface area contributed by atoms with E-state index in [4.69, 9.17) is 0 Å². The molecule has 0 radical (unpaired) electrons. The minimum atomic E-state index is -3.96. The smallest absolute Gasteiger partial charge is 0.337 e. The first-order valence-electron chi connectivity index (χ1n) is 7.35.